The van der Waals surface area contributed by atoms with Crippen LogP contribution in [0.15, 0.2) is 48.2 Å². The Morgan fingerprint density at radius 2 is 1.86 bits per heavy atom. The van der Waals surface area contributed by atoms with Crippen LogP contribution in [0.2, 0.25) is 0 Å². The van der Waals surface area contributed by atoms with Crippen molar-refractivity contribution in [2.75, 3.05) is 30.9 Å². The molecule has 3 rings (SSSR count). The highest BCUT2D eigenvalue weighted by Crippen LogP contribution is 2.26. The third-order valence-electron chi connectivity index (χ3n) is 5.37. The van der Waals surface area contributed by atoms with Crippen LogP contribution in [0.4, 0.5) is 11.8 Å². The molecule has 0 spiro atoms. The molecule has 0 radical (unpaired) electrons. The van der Waals surface area contributed by atoms with Gasteiger partial charge in [-0.1, -0.05) is 30.3 Å². The summed E-state index contributed by atoms with van der Waals surface area (Å²) in [5.74, 6) is 2.13. The fourth-order valence-electron chi connectivity index (χ4n) is 3.60. The van der Waals surface area contributed by atoms with E-state index >= 15 is 0 Å². The van der Waals surface area contributed by atoms with Crippen LogP contribution >= 0.6 is 0 Å². The fraction of sp³-hybridized carbons (Fsp3) is 0.435. The number of hydrogen-bond acceptors (Lipinski definition) is 5. The molecule has 6 nitrogen and oxygen atoms in total. The average Bonchev–Trinajstić information content (AvgIpc) is 2.74. The van der Waals surface area contributed by atoms with Crippen molar-refractivity contribution in [1.82, 2.24) is 15.3 Å². The van der Waals surface area contributed by atoms with E-state index in [1.54, 1.807) is 6.20 Å². The average molecular weight is 394 g/mol. The molecule has 0 atom stereocenters. The molecule has 1 aliphatic carbocycles. The summed E-state index contributed by atoms with van der Waals surface area (Å²) < 4.78 is 0. The second kappa shape index (κ2) is 10.0. The lowest BCUT2D eigenvalue weighted by atomic mass is 9.86. The van der Waals surface area contributed by atoms with Crippen molar-refractivity contribution in [1.29, 1.82) is 0 Å². The molecule has 0 aliphatic heterocycles. The first-order chi connectivity index (χ1) is 14.0. The van der Waals surface area contributed by atoms with E-state index in [4.69, 9.17) is 0 Å². The lowest BCUT2D eigenvalue weighted by Gasteiger charge is -2.29. The maximum Gasteiger partial charge on any atom is 0.246 e. The van der Waals surface area contributed by atoms with E-state index in [2.05, 4.69) is 20.6 Å². The molecule has 1 fully saturated rings. The van der Waals surface area contributed by atoms with Gasteiger partial charge in [-0.25, -0.2) is 4.98 Å². The zero-order valence-electron chi connectivity index (χ0n) is 17.6. The molecule has 1 aromatic heterocycles. The Bertz CT molecular complexity index is 826. The van der Waals surface area contributed by atoms with Gasteiger partial charge in [0, 0.05) is 38.5 Å². The lowest BCUT2D eigenvalue weighted by Crippen LogP contribution is -2.34. The zero-order valence-corrected chi connectivity index (χ0v) is 17.6. The summed E-state index contributed by atoms with van der Waals surface area (Å²) in [5, 5.41) is 6.56. The van der Waals surface area contributed by atoms with E-state index in [0.717, 1.165) is 49.2 Å². The SMILES string of the molecule is CC(=Cc1ccccc1)C(=O)NC[C@H]1CC[C@@H](Nc2nccc(N(C)C)n2)CC1. The number of carbonyl (C=O) groups excluding carboxylic acids is 1. The minimum Gasteiger partial charge on any atom is -0.363 e. The van der Waals surface area contributed by atoms with Crippen LogP contribution in [0.3, 0.4) is 0 Å². The smallest absolute Gasteiger partial charge is 0.246 e. The Morgan fingerprint density at radius 3 is 2.55 bits per heavy atom. The molecule has 154 valence electrons. The van der Waals surface area contributed by atoms with Gasteiger partial charge in [0.2, 0.25) is 11.9 Å². The molecule has 1 aromatic carbocycles. The van der Waals surface area contributed by atoms with Crippen molar-refractivity contribution in [2.24, 2.45) is 5.92 Å². The molecule has 1 saturated carbocycles. The molecule has 1 heterocycles. The van der Waals surface area contributed by atoms with Crippen LogP contribution in [-0.4, -0.2) is 42.6 Å². The molecule has 0 bridgehead atoms. The van der Waals surface area contributed by atoms with E-state index < -0.39 is 0 Å². The second-order valence-electron chi connectivity index (χ2n) is 7.94. The molecule has 1 aliphatic rings. The molecule has 0 saturated heterocycles. The number of nitrogens with one attached hydrogen (secondary N) is 2. The summed E-state index contributed by atoms with van der Waals surface area (Å²) in [6, 6.07) is 12.2. The maximum absolute atomic E-state index is 12.4. The van der Waals surface area contributed by atoms with Gasteiger partial charge >= 0.3 is 0 Å². The Morgan fingerprint density at radius 1 is 1.14 bits per heavy atom. The summed E-state index contributed by atoms with van der Waals surface area (Å²) in [7, 11) is 3.95. The first-order valence-electron chi connectivity index (χ1n) is 10.3. The van der Waals surface area contributed by atoms with E-state index in [1.165, 1.54) is 0 Å². The van der Waals surface area contributed by atoms with Gasteiger partial charge in [-0.05, 0) is 56.2 Å². The van der Waals surface area contributed by atoms with Crippen molar-refractivity contribution < 1.29 is 4.79 Å². The molecular formula is C23H31N5O. The lowest BCUT2D eigenvalue weighted by molar-refractivity contribution is -0.117. The predicted octanol–water partition coefficient (Wildman–Crippen LogP) is 3.73. The molecule has 2 aromatic rings. The molecule has 29 heavy (non-hydrogen) atoms. The third-order valence-corrected chi connectivity index (χ3v) is 5.37. The van der Waals surface area contributed by atoms with E-state index in [-0.39, 0.29) is 5.91 Å². The number of anilines is 2. The monoisotopic (exact) mass is 393 g/mol. The van der Waals surface area contributed by atoms with E-state index in [1.807, 2.05) is 68.4 Å². The van der Waals surface area contributed by atoms with Gasteiger partial charge in [-0.3, -0.25) is 4.79 Å². The minimum absolute atomic E-state index is 0.0167. The summed E-state index contributed by atoms with van der Waals surface area (Å²) >= 11 is 0. The van der Waals surface area contributed by atoms with Gasteiger partial charge in [0.25, 0.3) is 0 Å². The van der Waals surface area contributed by atoms with Gasteiger partial charge < -0.3 is 15.5 Å². The number of hydrogen-bond donors (Lipinski definition) is 2. The summed E-state index contributed by atoms with van der Waals surface area (Å²) in [6.07, 6.45) is 8.03. The fourth-order valence-corrected chi connectivity index (χ4v) is 3.60. The molecule has 6 heteroatoms. The first-order valence-corrected chi connectivity index (χ1v) is 10.3. The number of carbonyl (C=O) groups is 1. The standard InChI is InChI=1S/C23H31N5O/c1-17(15-18-7-5-4-6-8-18)22(29)25-16-19-9-11-20(12-10-19)26-23-24-14-13-21(27-23)28(2)3/h4-8,13-15,19-20H,9-12,16H2,1-3H3,(H,25,29)(H,24,26,27)/t19-,20+. The predicted molar refractivity (Wildman–Crippen MR) is 119 cm³/mol. The molecule has 1 amide bonds. The Kier molecular flexibility index (Phi) is 7.22. The summed E-state index contributed by atoms with van der Waals surface area (Å²) in [6.45, 7) is 2.60. The third kappa shape index (κ3) is 6.31. The second-order valence-corrected chi connectivity index (χ2v) is 7.94. The highest BCUT2D eigenvalue weighted by molar-refractivity contribution is 5.97. The minimum atomic E-state index is 0.0167. The molecular weight excluding hydrogens is 362 g/mol. The van der Waals surface area contributed by atoms with Gasteiger partial charge in [-0.2, -0.15) is 4.98 Å². The van der Waals surface area contributed by atoms with Crippen molar-refractivity contribution in [2.45, 2.75) is 38.6 Å². The topological polar surface area (TPSA) is 70.2 Å². The summed E-state index contributed by atoms with van der Waals surface area (Å²) in [5.41, 5.74) is 1.79. The van der Waals surface area contributed by atoms with Crippen LogP contribution < -0.4 is 15.5 Å². The van der Waals surface area contributed by atoms with E-state index in [0.29, 0.717) is 17.9 Å². The highest BCUT2D eigenvalue weighted by atomic mass is 16.1. The Balaban J connectivity index is 1.42. The number of benzene rings is 1. The Labute approximate surface area is 173 Å². The highest BCUT2D eigenvalue weighted by Gasteiger charge is 2.22. The number of nitrogens with zero attached hydrogens (tertiary/aromatic N) is 3. The van der Waals surface area contributed by atoms with Gasteiger partial charge in [0.15, 0.2) is 0 Å². The molecule has 0 unspecified atom stereocenters. The normalized spacial score (nSPS) is 19.5. The van der Waals surface area contributed by atoms with Gasteiger partial charge in [0.1, 0.15) is 5.82 Å². The van der Waals surface area contributed by atoms with E-state index in [9.17, 15) is 4.79 Å². The Hall–Kier alpha value is -2.89. The van der Waals surface area contributed by atoms with Crippen LogP contribution in [0.1, 0.15) is 38.2 Å². The van der Waals surface area contributed by atoms with Gasteiger partial charge in [0.05, 0.1) is 0 Å². The van der Waals surface area contributed by atoms with Gasteiger partial charge in [-0.15, -0.1) is 0 Å². The quantitative estimate of drug-likeness (QED) is 0.702. The largest absolute Gasteiger partial charge is 0.363 e. The number of rotatable bonds is 7. The van der Waals surface area contributed by atoms with Crippen molar-refractivity contribution >= 4 is 23.7 Å². The first kappa shape index (κ1) is 20.8. The van der Waals surface area contributed by atoms with Crippen LogP contribution in [0.5, 0.6) is 0 Å². The number of amides is 1. The van der Waals surface area contributed by atoms with Crippen molar-refractivity contribution in [3.05, 3.63) is 53.7 Å². The van der Waals surface area contributed by atoms with Crippen LogP contribution in [-0.2, 0) is 4.79 Å². The van der Waals surface area contributed by atoms with Crippen LogP contribution in [0.25, 0.3) is 6.08 Å². The van der Waals surface area contributed by atoms with Crippen LogP contribution in [0, 0.1) is 5.92 Å². The zero-order chi connectivity index (χ0) is 20.6. The van der Waals surface area contributed by atoms with Crippen molar-refractivity contribution in [3.63, 3.8) is 0 Å². The van der Waals surface area contributed by atoms with Crippen molar-refractivity contribution in [3.8, 4) is 0 Å². The maximum atomic E-state index is 12.4. The summed E-state index contributed by atoms with van der Waals surface area (Å²) in [4.78, 5) is 23.2. The number of aromatic nitrogens is 2. The molecule has 2 N–H and O–H groups in total.